The SMILES string of the molecule is Cc1[nH]c2cccc(C)c2c1C1NCCC1CN. The van der Waals surface area contributed by atoms with Gasteiger partial charge in [0.1, 0.15) is 0 Å². The number of nitrogens with one attached hydrogen (secondary N) is 2. The summed E-state index contributed by atoms with van der Waals surface area (Å²) >= 11 is 0. The van der Waals surface area contributed by atoms with Gasteiger partial charge in [-0.15, -0.1) is 0 Å². The van der Waals surface area contributed by atoms with Crippen LogP contribution in [0.4, 0.5) is 0 Å². The molecule has 0 amide bonds. The number of rotatable bonds is 2. The van der Waals surface area contributed by atoms with Crippen molar-refractivity contribution in [3.63, 3.8) is 0 Å². The van der Waals surface area contributed by atoms with Gasteiger partial charge in [0.2, 0.25) is 0 Å². The van der Waals surface area contributed by atoms with Crippen LogP contribution in [0.1, 0.15) is 29.3 Å². The van der Waals surface area contributed by atoms with E-state index in [-0.39, 0.29) is 0 Å². The van der Waals surface area contributed by atoms with E-state index in [9.17, 15) is 0 Å². The van der Waals surface area contributed by atoms with Crippen LogP contribution in [-0.4, -0.2) is 18.1 Å². The Hall–Kier alpha value is -1.32. The highest BCUT2D eigenvalue weighted by Gasteiger charge is 2.30. The quantitative estimate of drug-likeness (QED) is 0.758. The van der Waals surface area contributed by atoms with Crippen LogP contribution in [0.15, 0.2) is 18.2 Å². The third kappa shape index (κ3) is 1.66. The van der Waals surface area contributed by atoms with Crippen LogP contribution < -0.4 is 11.1 Å². The molecule has 2 aromatic rings. The van der Waals surface area contributed by atoms with E-state index in [2.05, 4.69) is 42.3 Å². The fraction of sp³-hybridized carbons (Fsp3) is 0.467. The Labute approximate surface area is 108 Å². The number of aromatic amines is 1. The molecule has 2 heterocycles. The van der Waals surface area contributed by atoms with Gasteiger partial charge in [-0.2, -0.15) is 0 Å². The van der Waals surface area contributed by atoms with Gasteiger partial charge in [0.15, 0.2) is 0 Å². The molecule has 2 unspecified atom stereocenters. The van der Waals surface area contributed by atoms with Crippen molar-refractivity contribution in [2.45, 2.75) is 26.3 Å². The Balaban J connectivity index is 2.19. The molecule has 1 aromatic heterocycles. The second-order valence-corrected chi connectivity index (χ2v) is 5.38. The molecule has 0 bridgehead atoms. The third-order valence-electron chi connectivity index (χ3n) is 4.23. The summed E-state index contributed by atoms with van der Waals surface area (Å²) < 4.78 is 0. The molecule has 4 N–H and O–H groups in total. The zero-order chi connectivity index (χ0) is 12.7. The van der Waals surface area contributed by atoms with Crippen LogP contribution in [0, 0.1) is 19.8 Å². The van der Waals surface area contributed by atoms with E-state index in [1.807, 2.05) is 0 Å². The molecule has 1 aliphatic rings. The molecule has 18 heavy (non-hydrogen) atoms. The van der Waals surface area contributed by atoms with E-state index < -0.39 is 0 Å². The van der Waals surface area contributed by atoms with Crippen molar-refractivity contribution >= 4 is 10.9 Å². The van der Waals surface area contributed by atoms with Crippen molar-refractivity contribution in [2.75, 3.05) is 13.1 Å². The summed E-state index contributed by atoms with van der Waals surface area (Å²) in [5.74, 6) is 0.558. The van der Waals surface area contributed by atoms with Crippen LogP contribution in [-0.2, 0) is 0 Å². The first-order valence-electron chi connectivity index (χ1n) is 6.73. The first kappa shape index (κ1) is 11.8. The van der Waals surface area contributed by atoms with E-state index in [1.165, 1.54) is 34.1 Å². The molecular weight excluding hydrogens is 222 g/mol. The Morgan fingerprint density at radius 2 is 2.17 bits per heavy atom. The average Bonchev–Trinajstić information content (AvgIpc) is 2.92. The minimum Gasteiger partial charge on any atom is -0.358 e. The van der Waals surface area contributed by atoms with Gasteiger partial charge in [-0.05, 0) is 56.5 Å². The maximum absolute atomic E-state index is 5.91. The summed E-state index contributed by atoms with van der Waals surface area (Å²) in [7, 11) is 0. The molecular formula is C15H21N3. The Bertz CT molecular complexity index is 570. The lowest BCUT2D eigenvalue weighted by Crippen LogP contribution is -2.23. The van der Waals surface area contributed by atoms with E-state index in [1.54, 1.807) is 0 Å². The van der Waals surface area contributed by atoms with Crippen LogP contribution in [0.2, 0.25) is 0 Å². The first-order chi connectivity index (χ1) is 8.72. The van der Waals surface area contributed by atoms with Crippen molar-refractivity contribution in [1.29, 1.82) is 0 Å². The molecule has 96 valence electrons. The lowest BCUT2D eigenvalue weighted by molar-refractivity contribution is 0.473. The fourth-order valence-electron chi connectivity index (χ4n) is 3.32. The predicted octanol–water partition coefficient (Wildman–Crippen LogP) is 2.39. The Kier molecular flexibility index (Phi) is 2.88. The lowest BCUT2D eigenvalue weighted by atomic mass is 9.91. The van der Waals surface area contributed by atoms with Gasteiger partial charge in [0.05, 0.1) is 0 Å². The molecule has 1 fully saturated rings. The van der Waals surface area contributed by atoms with Crippen molar-refractivity contribution in [3.05, 3.63) is 35.0 Å². The maximum Gasteiger partial charge on any atom is 0.0462 e. The second kappa shape index (κ2) is 4.41. The zero-order valence-corrected chi connectivity index (χ0v) is 11.1. The van der Waals surface area contributed by atoms with Crippen LogP contribution >= 0.6 is 0 Å². The molecule has 2 atom stereocenters. The number of benzene rings is 1. The summed E-state index contributed by atoms with van der Waals surface area (Å²) in [5.41, 5.74) is 11.2. The van der Waals surface area contributed by atoms with Crippen LogP contribution in [0.25, 0.3) is 10.9 Å². The number of aryl methyl sites for hydroxylation is 2. The number of H-pyrrole nitrogens is 1. The van der Waals surface area contributed by atoms with Gasteiger partial charge >= 0.3 is 0 Å². The third-order valence-corrected chi connectivity index (χ3v) is 4.23. The number of aromatic nitrogens is 1. The molecule has 1 saturated heterocycles. The van der Waals surface area contributed by atoms with Gasteiger partial charge in [-0.3, -0.25) is 0 Å². The predicted molar refractivity (Wildman–Crippen MR) is 75.7 cm³/mol. The summed E-state index contributed by atoms with van der Waals surface area (Å²) in [6.07, 6.45) is 1.18. The van der Waals surface area contributed by atoms with E-state index in [0.29, 0.717) is 12.0 Å². The van der Waals surface area contributed by atoms with Gasteiger partial charge in [-0.1, -0.05) is 12.1 Å². The van der Waals surface area contributed by atoms with Crippen molar-refractivity contribution in [3.8, 4) is 0 Å². The highest BCUT2D eigenvalue weighted by atomic mass is 15.0. The van der Waals surface area contributed by atoms with Crippen LogP contribution in [0.3, 0.4) is 0 Å². The zero-order valence-electron chi connectivity index (χ0n) is 11.1. The van der Waals surface area contributed by atoms with Gasteiger partial charge in [-0.25, -0.2) is 0 Å². The van der Waals surface area contributed by atoms with E-state index in [4.69, 9.17) is 5.73 Å². The molecule has 0 aliphatic carbocycles. The summed E-state index contributed by atoms with van der Waals surface area (Å²) in [4.78, 5) is 3.51. The highest BCUT2D eigenvalue weighted by molar-refractivity contribution is 5.88. The average molecular weight is 243 g/mol. The lowest BCUT2D eigenvalue weighted by Gasteiger charge is -2.19. The summed E-state index contributed by atoms with van der Waals surface area (Å²) in [6.45, 7) is 6.19. The molecule has 0 saturated carbocycles. The largest absolute Gasteiger partial charge is 0.358 e. The van der Waals surface area contributed by atoms with Crippen molar-refractivity contribution < 1.29 is 0 Å². The van der Waals surface area contributed by atoms with Crippen molar-refractivity contribution in [2.24, 2.45) is 11.7 Å². The molecule has 0 spiro atoms. The Morgan fingerprint density at radius 1 is 1.33 bits per heavy atom. The molecule has 3 heteroatoms. The minimum absolute atomic E-state index is 0.407. The number of nitrogens with two attached hydrogens (primary N) is 1. The minimum atomic E-state index is 0.407. The summed E-state index contributed by atoms with van der Waals surface area (Å²) in [6, 6.07) is 6.86. The normalized spacial score (nSPS) is 23.9. The first-order valence-corrected chi connectivity index (χ1v) is 6.73. The topological polar surface area (TPSA) is 53.8 Å². The van der Waals surface area contributed by atoms with Gasteiger partial charge < -0.3 is 16.0 Å². The second-order valence-electron chi connectivity index (χ2n) is 5.38. The Morgan fingerprint density at radius 3 is 2.94 bits per heavy atom. The smallest absolute Gasteiger partial charge is 0.0462 e. The molecule has 1 aliphatic heterocycles. The molecule has 3 nitrogen and oxygen atoms in total. The molecule has 0 radical (unpaired) electrons. The highest BCUT2D eigenvalue weighted by Crippen LogP contribution is 2.37. The number of hydrogen-bond donors (Lipinski definition) is 3. The van der Waals surface area contributed by atoms with Crippen LogP contribution in [0.5, 0.6) is 0 Å². The monoisotopic (exact) mass is 243 g/mol. The number of fused-ring (bicyclic) bond motifs is 1. The standard InChI is InChI=1S/C15H21N3/c1-9-4-3-5-12-13(9)14(10(2)18-12)15-11(8-16)6-7-17-15/h3-5,11,15,17-18H,6-8,16H2,1-2H3. The van der Waals surface area contributed by atoms with E-state index in [0.717, 1.165) is 13.1 Å². The number of hydrogen-bond acceptors (Lipinski definition) is 2. The van der Waals surface area contributed by atoms with Crippen molar-refractivity contribution in [1.82, 2.24) is 10.3 Å². The molecule has 3 rings (SSSR count). The van der Waals surface area contributed by atoms with Gasteiger partial charge in [0, 0.05) is 22.6 Å². The van der Waals surface area contributed by atoms with Gasteiger partial charge in [0.25, 0.3) is 0 Å². The molecule has 1 aromatic carbocycles. The maximum atomic E-state index is 5.91. The summed E-state index contributed by atoms with van der Waals surface area (Å²) in [5, 5.41) is 5.00. The fourth-order valence-corrected chi connectivity index (χ4v) is 3.32. The van der Waals surface area contributed by atoms with E-state index >= 15 is 0 Å².